The summed E-state index contributed by atoms with van der Waals surface area (Å²) >= 11 is 3.35. The average Bonchev–Trinajstić information content (AvgIpc) is 2.38. The number of hydrogen-bond donors (Lipinski definition) is 2. The first kappa shape index (κ1) is 15.8. The molecule has 0 aliphatic carbocycles. The Morgan fingerprint density at radius 2 is 2.21 bits per heavy atom. The van der Waals surface area contributed by atoms with Crippen molar-refractivity contribution in [1.82, 2.24) is 4.90 Å². The molecule has 0 aliphatic rings. The highest BCUT2D eigenvalue weighted by Gasteiger charge is 2.14. The van der Waals surface area contributed by atoms with Crippen LogP contribution in [-0.4, -0.2) is 42.8 Å². The highest BCUT2D eigenvalue weighted by atomic mass is 79.9. The molecule has 0 bridgehead atoms. The molecule has 1 rings (SSSR count). The molecule has 1 aromatic rings. The number of methoxy groups -OCH3 is 1. The molecular weight excluding hydrogens is 312 g/mol. The van der Waals surface area contributed by atoms with Gasteiger partial charge in [0, 0.05) is 17.6 Å². The van der Waals surface area contributed by atoms with Gasteiger partial charge >= 0.3 is 6.03 Å². The van der Waals surface area contributed by atoms with Crippen molar-refractivity contribution in [3.05, 3.63) is 22.7 Å². The van der Waals surface area contributed by atoms with E-state index in [4.69, 9.17) is 9.84 Å². The molecule has 0 atom stereocenters. The Morgan fingerprint density at radius 3 is 2.79 bits per heavy atom. The standard InChI is InChI=1S/C13H19BrN2O3/c1-3-6-16(7-8-17)13(18)15-11-9-10(14)4-5-12(11)19-2/h4-5,9,17H,3,6-8H2,1-2H3,(H,15,18). The zero-order chi connectivity index (χ0) is 14.3. The first-order valence-corrected chi connectivity index (χ1v) is 6.92. The summed E-state index contributed by atoms with van der Waals surface area (Å²) in [4.78, 5) is 13.7. The number of anilines is 1. The summed E-state index contributed by atoms with van der Waals surface area (Å²) in [5.41, 5.74) is 0.598. The van der Waals surface area contributed by atoms with Gasteiger partial charge in [0.05, 0.1) is 19.4 Å². The lowest BCUT2D eigenvalue weighted by atomic mass is 10.3. The minimum Gasteiger partial charge on any atom is -0.495 e. The van der Waals surface area contributed by atoms with E-state index in [1.54, 1.807) is 24.1 Å². The number of aliphatic hydroxyl groups is 1. The van der Waals surface area contributed by atoms with Crippen molar-refractivity contribution >= 4 is 27.6 Å². The zero-order valence-electron chi connectivity index (χ0n) is 11.1. The average molecular weight is 331 g/mol. The van der Waals surface area contributed by atoms with Gasteiger partial charge in [-0.15, -0.1) is 0 Å². The molecule has 0 heterocycles. The van der Waals surface area contributed by atoms with Gasteiger partial charge in [0.15, 0.2) is 0 Å². The number of nitrogens with one attached hydrogen (secondary N) is 1. The molecule has 6 heteroatoms. The van der Waals surface area contributed by atoms with Crippen molar-refractivity contribution in [2.45, 2.75) is 13.3 Å². The normalized spacial score (nSPS) is 10.1. The van der Waals surface area contributed by atoms with Crippen LogP contribution in [0.1, 0.15) is 13.3 Å². The molecule has 2 N–H and O–H groups in total. The van der Waals surface area contributed by atoms with Crippen molar-refractivity contribution in [2.75, 3.05) is 32.1 Å². The minimum atomic E-state index is -0.243. The number of nitrogens with zero attached hydrogens (tertiary/aromatic N) is 1. The molecule has 0 aliphatic heterocycles. The second kappa shape index (κ2) is 8.01. The summed E-state index contributed by atoms with van der Waals surface area (Å²) in [6.07, 6.45) is 0.836. The van der Waals surface area contributed by atoms with E-state index in [0.29, 0.717) is 24.5 Å². The fourth-order valence-electron chi connectivity index (χ4n) is 1.68. The number of amides is 2. The number of benzene rings is 1. The number of ether oxygens (including phenoxy) is 1. The summed E-state index contributed by atoms with van der Waals surface area (Å²) in [5, 5.41) is 11.8. The van der Waals surface area contributed by atoms with Crippen molar-refractivity contribution in [3.63, 3.8) is 0 Å². The van der Waals surface area contributed by atoms with E-state index in [1.165, 1.54) is 0 Å². The van der Waals surface area contributed by atoms with E-state index in [0.717, 1.165) is 10.9 Å². The number of aliphatic hydroxyl groups excluding tert-OH is 1. The molecule has 0 spiro atoms. The third-order valence-corrected chi connectivity index (χ3v) is 3.05. The van der Waals surface area contributed by atoms with E-state index >= 15 is 0 Å². The second-order valence-corrected chi connectivity index (χ2v) is 4.90. The lowest BCUT2D eigenvalue weighted by Crippen LogP contribution is -2.37. The molecule has 0 saturated carbocycles. The Labute approximate surface area is 121 Å². The van der Waals surface area contributed by atoms with Crippen molar-refractivity contribution in [2.24, 2.45) is 0 Å². The first-order valence-electron chi connectivity index (χ1n) is 6.12. The van der Waals surface area contributed by atoms with Crippen LogP contribution in [0.15, 0.2) is 22.7 Å². The van der Waals surface area contributed by atoms with Crippen LogP contribution in [-0.2, 0) is 0 Å². The van der Waals surface area contributed by atoms with E-state index in [2.05, 4.69) is 21.2 Å². The predicted molar refractivity (Wildman–Crippen MR) is 78.7 cm³/mol. The highest BCUT2D eigenvalue weighted by molar-refractivity contribution is 9.10. The highest BCUT2D eigenvalue weighted by Crippen LogP contribution is 2.28. The molecule has 1 aromatic carbocycles. The Balaban J connectivity index is 2.82. The molecule has 2 amide bonds. The summed E-state index contributed by atoms with van der Waals surface area (Å²) in [6, 6.07) is 5.15. The summed E-state index contributed by atoms with van der Waals surface area (Å²) in [7, 11) is 1.55. The van der Waals surface area contributed by atoms with Gasteiger partial charge in [-0.1, -0.05) is 22.9 Å². The lowest BCUT2D eigenvalue weighted by molar-refractivity contribution is 0.188. The molecule has 0 radical (unpaired) electrons. The van der Waals surface area contributed by atoms with Gasteiger partial charge in [0.2, 0.25) is 0 Å². The predicted octanol–water partition coefficient (Wildman–Crippen LogP) is 2.69. The van der Waals surface area contributed by atoms with Crippen molar-refractivity contribution in [3.8, 4) is 5.75 Å². The van der Waals surface area contributed by atoms with Gasteiger partial charge in [0.1, 0.15) is 5.75 Å². The van der Waals surface area contributed by atoms with Crippen molar-refractivity contribution < 1.29 is 14.6 Å². The molecule has 0 saturated heterocycles. The Hall–Kier alpha value is -1.27. The molecule has 5 nitrogen and oxygen atoms in total. The first-order chi connectivity index (χ1) is 9.12. The van der Waals surface area contributed by atoms with Gasteiger partial charge in [-0.05, 0) is 24.6 Å². The van der Waals surface area contributed by atoms with Crippen LogP contribution >= 0.6 is 15.9 Å². The summed E-state index contributed by atoms with van der Waals surface area (Å²) < 4.78 is 6.05. The number of hydrogen-bond acceptors (Lipinski definition) is 3. The van der Waals surface area contributed by atoms with E-state index in [1.807, 2.05) is 13.0 Å². The molecule has 106 valence electrons. The van der Waals surface area contributed by atoms with Gasteiger partial charge in [-0.25, -0.2) is 4.79 Å². The number of urea groups is 1. The van der Waals surface area contributed by atoms with Gasteiger partial charge < -0.3 is 20.1 Å². The van der Waals surface area contributed by atoms with Crippen LogP contribution in [0.25, 0.3) is 0 Å². The topological polar surface area (TPSA) is 61.8 Å². The van der Waals surface area contributed by atoms with Gasteiger partial charge in [-0.2, -0.15) is 0 Å². The Morgan fingerprint density at radius 1 is 1.47 bits per heavy atom. The Bertz CT molecular complexity index is 420. The van der Waals surface area contributed by atoms with Crippen LogP contribution in [0.2, 0.25) is 0 Å². The lowest BCUT2D eigenvalue weighted by Gasteiger charge is -2.22. The number of rotatable bonds is 6. The molecule has 0 unspecified atom stereocenters. The Kier molecular flexibility index (Phi) is 6.66. The van der Waals surface area contributed by atoms with Gasteiger partial charge in [0.25, 0.3) is 0 Å². The van der Waals surface area contributed by atoms with Crippen LogP contribution in [0.4, 0.5) is 10.5 Å². The van der Waals surface area contributed by atoms with Crippen molar-refractivity contribution in [1.29, 1.82) is 0 Å². The fraction of sp³-hybridized carbons (Fsp3) is 0.462. The monoisotopic (exact) mass is 330 g/mol. The molecule has 0 fully saturated rings. The fourth-order valence-corrected chi connectivity index (χ4v) is 2.04. The van der Waals surface area contributed by atoms with E-state index in [-0.39, 0.29) is 12.6 Å². The quantitative estimate of drug-likeness (QED) is 0.842. The minimum absolute atomic E-state index is 0.0525. The third-order valence-electron chi connectivity index (χ3n) is 2.55. The van der Waals surface area contributed by atoms with Gasteiger partial charge in [-0.3, -0.25) is 0 Å². The molecule has 0 aromatic heterocycles. The maximum Gasteiger partial charge on any atom is 0.322 e. The van der Waals surface area contributed by atoms with Crippen LogP contribution in [0, 0.1) is 0 Å². The summed E-state index contributed by atoms with van der Waals surface area (Å²) in [6.45, 7) is 2.85. The molecular formula is C13H19BrN2O3. The maximum atomic E-state index is 12.1. The SMILES string of the molecule is CCCN(CCO)C(=O)Nc1cc(Br)ccc1OC. The zero-order valence-corrected chi connectivity index (χ0v) is 12.7. The maximum absolute atomic E-state index is 12.1. The number of carbonyl (C=O) groups excluding carboxylic acids is 1. The van der Waals surface area contributed by atoms with Crippen LogP contribution < -0.4 is 10.1 Å². The third kappa shape index (κ3) is 4.72. The van der Waals surface area contributed by atoms with Crippen LogP contribution in [0.5, 0.6) is 5.75 Å². The van der Waals surface area contributed by atoms with E-state index in [9.17, 15) is 4.79 Å². The number of carbonyl (C=O) groups is 1. The summed E-state index contributed by atoms with van der Waals surface area (Å²) in [5.74, 6) is 0.594. The van der Waals surface area contributed by atoms with Crippen LogP contribution in [0.3, 0.4) is 0 Å². The van der Waals surface area contributed by atoms with E-state index < -0.39 is 0 Å². The largest absolute Gasteiger partial charge is 0.495 e. The smallest absolute Gasteiger partial charge is 0.322 e. The second-order valence-electron chi connectivity index (χ2n) is 3.99. The molecule has 19 heavy (non-hydrogen) atoms. The number of halogens is 1.